The highest BCUT2D eigenvalue weighted by atomic mass is 16.5. The molecule has 1 heterocycles. The van der Waals surface area contributed by atoms with E-state index in [1.165, 1.54) is 10.5 Å². The van der Waals surface area contributed by atoms with Crippen LogP contribution in [0.1, 0.15) is 11.1 Å². The second-order valence-corrected chi connectivity index (χ2v) is 7.40. The van der Waals surface area contributed by atoms with E-state index in [0.29, 0.717) is 30.3 Å². The van der Waals surface area contributed by atoms with E-state index in [4.69, 9.17) is 18.9 Å². The Hall–Kier alpha value is -2.93. The van der Waals surface area contributed by atoms with Crippen LogP contribution in [0.15, 0.2) is 36.4 Å². The van der Waals surface area contributed by atoms with Crippen molar-refractivity contribution < 1.29 is 28.6 Å². The SMILES string of the molecule is COc1ccc(C[NH+]2CCN(C(=O)COc3ccc(C)cc3)CC2)c(OC)c1OC. The molecule has 0 aliphatic carbocycles. The van der Waals surface area contributed by atoms with Crippen LogP contribution >= 0.6 is 0 Å². The van der Waals surface area contributed by atoms with Crippen LogP contribution in [0.2, 0.25) is 0 Å². The zero-order valence-electron chi connectivity index (χ0n) is 18.2. The summed E-state index contributed by atoms with van der Waals surface area (Å²) < 4.78 is 22.1. The van der Waals surface area contributed by atoms with Gasteiger partial charge in [0.05, 0.1) is 53.1 Å². The minimum absolute atomic E-state index is 0.0262. The Kier molecular flexibility index (Phi) is 7.41. The van der Waals surface area contributed by atoms with Crippen LogP contribution in [0.3, 0.4) is 0 Å². The molecular formula is C23H31N2O5+. The van der Waals surface area contributed by atoms with E-state index in [2.05, 4.69) is 0 Å². The molecule has 0 unspecified atom stereocenters. The lowest BCUT2D eigenvalue weighted by Crippen LogP contribution is -3.13. The number of amides is 1. The van der Waals surface area contributed by atoms with Gasteiger partial charge in [-0.15, -0.1) is 0 Å². The maximum atomic E-state index is 12.5. The van der Waals surface area contributed by atoms with Gasteiger partial charge in [0, 0.05) is 0 Å². The Bertz CT molecular complexity index is 845. The molecule has 0 atom stereocenters. The zero-order chi connectivity index (χ0) is 21.5. The highest BCUT2D eigenvalue weighted by Crippen LogP contribution is 2.39. The Morgan fingerprint density at radius 1 is 0.933 bits per heavy atom. The Labute approximate surface area is 178 Å². The summed E-state index contributed by atoms with van der Waals surface area (Å²) in [4.78, 5) is 15.8. The molecule has 3 rings (SSSR count). The van der Waals surface area contributed by atoms with E-state index < -0.39 is 0 Å². The van der Waals surface area contributed by atoms with Gasteiger partial charge in [-0.05, 0) is 31.2 Å². The van der Waals surface area contributed by atoms with Crippen molar-refractivity contribution >= 4 is 5.91 Å². The molecule has 1 aliphatic heterocycles. The van der Waals surface area contributed by atoms with Gasteiger partial charge in [-0.25, -0.2) is 0 Å². The molecule has 1 saturated heterocycles. The number of benzene rings is 2. The lowest BCUT2D eigenvalue weighted by molar-refractivity contribution is -0.917. The van der Waals surface area contributed by atoms with Crippen LogP contribution in [0.4, 0.5) is 0 Å². The molecule has 0 aromatic heterocycles. The van der Waals surface area contributed by atoms with Gasteiger partial charge >= 0.3 is 0 Å². The van der Waals surface area contributed by atoms with Crippen LogP contribution in [0, 0.1) is 6.92 Å². The number of ether oxygens (including phenoxy) is 4. The zero-order valence-corrected chi connectivity index (χ0v) is 18.2. The number of carbonyl (C=O) groups is 1. The quantitative estimate of drug-likeness (QED) is 0.705. The number of hydrogen-bond acceptors (Lipinski definition) is 5. The van der Waals surface area contributed by atoms with E-state index in [1.54, 1.807) is 21.3 Å². The third kappa shape index (κ3) is 5.16. The van der Waals surface area contributed by atoms with E-state index in [9.17, 15) is 4.79 Å². The number of piperazine rings is 1. The molecule has 2 aromatic rings. The van der Waals surface area contributed by atoms with Crippen molar-refractivity contribution in [3.8, 4) is 23.0 Å². The van der Waals surface area contributed by atoms with Gasteiger partial charge in [-0.1, -0.05) is 17.7 Å². The van der Waals surface area contributed by atoms with Crippen LogP contribution in [0.25, 0.3) is 0 Å². The molecule has 0 saturated carbocycles. The summed E-state index contributed by atoms with van der Waals surface area (Å²) in [6, 6.07) is 11.6. The minimum Gasteiger partial charge on any atom is -0.493 e. The van der Waals surface area contributed by atoms with Crippen molar-refractivity contribution in [3.63, 3.8) is 0 Å². The first kappa shape index (κ1) is 21.8. The summed E-state index contributed by atoms with van der Waals surface area (Å²) in [7, 11) is 4.86. The number of nitrogens with zero attached hydrogens (tertiary/aromatic N) is 1. The Morgan fingerprint density at radius 2 is 1.60 bits per heavy atom. The molecule has 7 heteroatoms. The highest BCUT2D eigenvalue weighted by Gasteiger charge is 2.26. The number of rotatable bonds is 8. The molecule has 1 aliphatic rings. The predicted molar refractivity (Wildman–Crippen MR) is 114 cm³/mol. The fourth-order valence-electron chi connectivity index (χ4n) is 3.69. The summed E-state index contributed by atoms with van der Waals surface area (Å²) in [5, 5.41) is 0. The van der Waals surface area contributed by atoms with Crippen LogP contribution in [-0.2, 0) is 11.3 Å². The number of methoxy groups -OCH3 is 3. The first-order valence-corrected chi connectivity index (χ1v) is 10.1. The molecule has 30 heavy (non-hydrogen) atoms. The summed E-state index contributed by atoms with van der Waals surface area (Å²) in [5.74, 6) is 2.71. The second-order valence-electron chi connectivity index (χ2n) is 7.40. The van der Waals surface area contributed by atoms with E-state index in [1.807, 2.05) is 48.2 Å². The van der Waals surface area contributed by atoms with Gasteiger partial charge in [0.25, 0.3) is 5.91 Å². The average Bonchev–Trinajstić information content (AvgIpc) is 2.78. The van der Waals surface area contributed by atoms with Crippen molar-refractivity contribution in [1.82, 2.24) is 4.90 Å². The number of nitrogens with one attached hydrogen (secondary N) is 1. The first-order chi connectivity index (χ1) is 14.5. The number of carbonyl (C=O) groups excluding carboxylic acids is 1. The molecule has 0 radical (unpaired) electrons. The van der Waals surface area contributed by atoms with Gasteiger partial charge < -0.3 is 28.7 Å². The Balaban J connectivity index is 1.53. The molecule has 162 valence electrons. The largest absolute Gasteiger partial charge is 0.493 e. The van der Waals surface area contributed by atoms with Gasteiger partial charge in [-0.2, -0.15) is 0 Å². The summed E-state index contributed by atoms with van der Waals surface area (Å²) in [6.07, 6.45) is 0. The normalized spacial score (nSPS) is 14.3. The van der Waals surface area contributed by atoms with Gasteiger partial charge in [0.2, 0.25) is 5.75 Å². The smallest absolute Gasteiger partial charge is 0.260 e. The summed E-state index contributed by atoms with van der Waals surface area (Å²) >= 11 is 0. The Morgan fingerprint density at radius 3 is 2.20 bits per heavy atom. The molecule has 0 bridgehead atoms. The number of aryl methyl sites for hydroxylation is 1. The topological polar surface area (TPSA) is 61.7 Å². The molecule has 1 fully saturated rings. The van der Waals surface area contributed by atoms with Crippen LogP contribution < -0.4 is 23.8 Å². The lowest BCUT2D eigenvalue weighted by Gasteiger charge is -2.32. The maximum absolute atomic E-state index is 12.5. The number of quaternary nitrogens is 1. The second kappa shape index (κ2) is 10.2. The molecule has 1 amide bonds. The maximum Gasteiger partial charge on any atom is 0.260 e. The standard InChI is InChI=1S/C23H30N2O5/c1-17-5-8-19(9-6-17)30-16-21(26)25-13-11-24(12-14-25)15-18-7-10-20(27-2)23(29-4)22(18)28-3/h5-10H,11-16H2,1-4H3/p+1. The molecule has 1 N–H and O–H groups in total. The van der Waals surface area contributed by atoms with E-state index >= 15 is 0 Å². The number of hydrogen-bond donors (Lipinski definition) is 1. The predicted octanol–water partition coefficient (Wildman–Crippen LogP) is 1.33. The van der Waals surface area contributed by atoms with Crippen molar-refractivity contribution in [2.24, 2.45) is 0 Å². The lowest BCUT2D eigenvalue weighted by atomic mass is 10.1. The molecule has 7 nitrogen and oxygen atoms in total. The summed E-state index contributed by atoms with van der Waals surface area (Å²) in [6.45, 7) is 6.05. The van der Waals surface area contributed by atoms with E-state index in [-0.39, 0.29) is 12.5 Å². The minimum atomic E-state index is 0.0262. The van der Waals surface area contributed by atoms with Crippen molar-refractivity contribution in [1.29, 1.82) is 0 Å². The third-order valence-corrected chi connectivity index (χ3v) is 5.43. The fourth-order valence-corrected chi connectivity index (χ4v) is 3.69. The first-order valence-electron chi connectivity index (χ1n) is 10.1. The monoisotopic (exact) mass is 415 g/mol. The van der Waals surface area contributed by atoms with Gasteiger partial charge in [0.1, 0.15) is 12.3 Å². The van der Waals surface area contributed by atoms with Crippen molar-refractivity contribution in [3.05, 3.63) is 47.5 Å². The average molecular weight is 416 g/mol. The highest BCUT2D eigenvalue weighted by molar-refractivity contribution is 5.77. The van der Waals surface area contributed by atoms with Crippen molar-refractivity contribution in [2.75, 3.05) is 54.1 Å². The van der Waals surface area contributed by atoms with Gasteiger partial charge in [0.15, 0.2) is 18.1 Å². The van der Waals surface area contributed by atoms with Crippen LogP contribution in [0.5, 0.6) is 23.0 Å². The summed E-state index contributed by atoms with van der Waals surface area (Å²) in [5.41, 5.74) is 2.23. The fraction of sp³-hybridized carbons (Fsp3) is 0.435. The van der Waals surface area contributed by atoms with Crippen LogP contribution in [-0.4, -0.2) is 64.9 Å². The molecule has 2 aromatic carbocycles. The van der Waals surface area contributed by atoms with Gasteiger partial charge in [-0.3, -0.25) is 4.79 Å². The molecular weight excluding hydrogens is 384 g/mol. The van der Waals surface area contributed by atoms with E-state index in [0.717, 1.165) is 30.9 Å². The third-order valence-electron chi connectivity index (χ3n) is 5.43. The molecule has 0 spiro atoms. The van der Waals surface area contributed by atoms with Crippen molar-refractivity contribution in [2.45, 2.75) is 13.5 Å².